The van der Waals surface area contributed by atoms with Crippen LogP contribution < -0.4 is 10.0 Å². The molecule has 7 nitrogen and oxygen atoms in total. The van der Waals surface area contributed by atoms with E-state index >= 15 is 0 Å². The van der Waals surface area contributed by atoms with Crippen molar-refractivity contribution in [3.63, 3.8) is 0 Å². The number of nitrogens with one attached hydrogen (secondary N) is 2. The molecule has 3 N–H and O–H groups in total. The molecule has 1 aromatic carbocycles. The number of benzene rings is 1. The van der Waals surface area contributed by atoms with E-state index in [1.54, 1.807) is 0 Å². The van der Waals surface area contributed by atoms with Crippen molar-refractivity contribution in [2.45, 2.75) is 23.3 Å². The Bertz CT molecular complexity index is 861. The SMILES string of the molecule is COC(=O)Nc1ccc(S(=O)(=O)NC[C@@](O)(c2cccs2)C2CC2)cc1. The maximum Gasteiger partial charge on any atom is 0.411 e. The lowest BCUT2D eigenvalue weighted by Crippen LogP contribution is -2.41. The Morgan fingerprint density at radius 1 is 1.31 bits per heavy atom. The zero-order valence-electron chi connectivity index (χ0n) is 14.1. The highest BCUT2D eigenvalue weighted by atomic mass is 32.2. The van der Waals surface area contributed by atoms with Crippen LogP contribution in [0.15, 0.2) is 46.7 Å². The molecule has 1 fully saturated rings. The monoisotopic (exact) mass is 396 g/mol. The van der Waals surface area contributed by atoms with Crippen LogP contribution >= 0.6 is 11.3 Å². The smallest absolute Gasteiger partial charge is 0.411 e. The van der Waals surface area contributed by atoms with Crippen LogP contribution in [0.4, 0.5) is 10.5 Å². The number of hydrogen-bond acceptors (Lipinski definition) is 6. The summed E-state index contributed by atoms with van der Waals surface area (Å²) in [5, 5.41) is 15.3. The molecule has 1 atom stereocenters. The van der Waals surface area contributed by atoms with Gasteiger partial charge in [0.15, 0.2) is 0 Å². The van der Waals surface area contributed by atoms with Crippen LogP contribution in [-0.4, -0.2) is 33.3 Å². The summed E-state index contributed by atoms with van der Waals surface area (Å²) < 4.78 is 32.1. The van der Waals surface area contributed by atoms with Crippen molar-refractivity contribution in [1.29, 1.82) is 0 Å². The second-order valence-corrected chi connectivity index (χ2v) is 8.86. The number of thiophene rings is 1. The topological polar surface area (TPSA) is 105 Å². The van der Waals surface area contributed by atoms with E-state index in [0.717, 1.165) is 17.7 Å². The Morgan fingerprint density at radius 3 is 2.54 bits per heavy atom. The van der Waals surface area contributed by atoms with E-state index < -0.39 is 21.7 Å². The van der Waals surface area contributed by atoms with E-state index in [2.05, 4.69) is 14.8 Å². The highest BCUT2D eigenvalue weighted by molar-refractivity contribution is 7.89. The predicted octanol–water partition coefficient (Wildman–Crippen LogP) is 2.50. The number of methoxy groups -OCH3 is 1. The summed E-state index contributed by atoms with van der Waals surface area (Å²) >= 11 is 1.42. The molecular formula is C17H20N2O5S2. The number of sulfonamides is 1. The van der Waals surface area contributed by atoms with Crippen molar-refractivity contribution < 1.29 is 23.1 Å². The van der Waals surface area contributed by atoms with Gasteiger partial charge in [0.2, 0.25) is 10.0 Å². The first-order valence-corrected chi connectivity index (χ1v) is 10.4. The number of anilines is 1. The van der Waals surface area contributed by atoms with E-state index in [4.69, 9.17) is 0 Å². The molecule has 0 bridgehead atoms. The molecule has 0 radical (unpaired) electrons. The molecule has 9 heteroatoms. The summed E-state index contributed by atoms with van der Waals surface area (Å²) in [5.74, 6) is 0.0653. The summed E-state index contributed by atoms with van der Waals surface area (Å²) in [7, 11) is -2.55. The molecular weight excluding hydrogens is 376 g/mol. The molecule has 1 aliphatic rings. The standard InChI is InChI=1S/C17H20N2O5S2/c1-24-16(20)19-13-6-8-14(9-7-13)26(22,23)18-11-17(21,12-4-5-12)15-3-2-10-25-15/h2-3,6-10,12,18,21H,4-5,11H2,1H3,(H,19,20)/t17-/m0/s1. The molecule has 1 amide bonds. The van der Waals surface area contributed by atoms with Gasteiger partial charge in [-0.25, -0.2) is 17.9 Å². The quantitative estimate of drug-likeness (QED) is 0.667. The van der Waals surface area contributed by atoms with Crippen LogP contribution in [0.3, 0.4) is 0 Å². The summed E-state index contributed by atoms with van der Waals surface area (Å²) in [6, 6.07) is 9.37. The van der Waals surface area contributed by atoms with Crippen LogP contribution in [0.1, 0.15) is 17.7 Å². The van der Waals surface area contributed by atoms with Crippen LogP contribution in [0.25, 0.3) is 0 Å². The largest absolute Gasteiger partial charge is 0.453 e. The van der Waals surface area contributed by atoms with E-state index in [9.17, 15) is 18.3 Å². The van der Waals surface area contributed by atoms with Gasteiger partial charge in [0, 0.05) is 17.1 Å². The molecule has 1 aromatic heterocycles. The molecule has 3 rings (SSSR count). The summed E-state index contributed by atoms with van der Waals surface area (Å²) in [6.07, 6.45) is 1.12. The van der Waals surface area contributed by atoms with Gasteiger partial charge in [-0.15, -0.1) is 11.3 Å². The summed E-state index contributed by atoms with van der Waals surface area (Å²) in [4.78, 5) is 12.0. The summed E-state index contributed by atoms with van der Waals surface area (Å²) in [6.45, 7) is -0.0807. The predicted molar refractivity (Wildman–Crippen MR) is 98.6 cm³/mol. The molecule has 1 aliphatic carbocycles. The molecule has 140 valence electrons. The minimum atomic E-state index is -3.79. The van der Waals surface area contributed by atoms with Gasteiger partial charge in [0.1, 0.15) is 5.60 Å². The van der Waals surface area contributed by atoms with Gasteiger partial charge in [-0.2, -0.15) is 0 Å². The molecule has 26 heavy (non-hydrogen) atoms. The number of rotatable bonds is 7. The first kappa shape index (κ1) is 18.8. The normalized spacial score (nSPS) is 16.7. The number of aliphatic hydroxyl groups is 1. The third kappa shape index (κ3) is 4.07. The van der Waals surface area contributed by atoms with Crippen molar-refractivity contribution in [1.82, 2.24) is 4.72 Å². The lowest BCUT2D eigenvalue weighted by atomic mass is 9.96. The van der Waals surface area contributed by atoms with Gasteiger partial charge in [-0.1, -0.05) is 6.07 Å². The maximum absolute atomic E-state index is 12.6. The first-order chi connectivity index (χ1) is 12.3. The van der Waals surface area contributed by atoms with Crippen molar-refractivity contribution >= 4 is 33.1 Å². The number of ether oxygens (including phenoxy) is 1. The number of carbonyl (C=O) groups excluding carboxylic acids is 1. The van der Waals surface area contributed by atoms with Gasteiger partial charge >= 0.3 is 6.09 Å². The van der Waals surface area contributed by atoms with E-state index in [-0.39, 0.29) is 17.4 Å². The van der Waals surface area contributed by atoms with E-state index in [1.807, 2.05) is 17.5 Å². The van der Waals surface area contributed by atoms with Crippen LogP contribution in [0.5, 0.6) is 0 Å². The molecule has 0 unspecified atom stereocenters. The second-order valence-electron chi connectivity index (χ2n) is 6.14. The fourth-order valence-electron chi connectivity index (χ4n) is 2.69. The van der Waals surface area contributed by atoms with Crippen LogP contribution in [-0.2, 0) is 20.4 Å². The van der Waals surface area contributed by atoms with Crippen molar-refractivity contribution in [2.24, 2.45) is 5.92 Å². The highest BCUT2D eigenvalue weighted by Crippen LogP contribution is 2.46. The molecule has 0 spiro atoms. The van der Waals surface area contributed by atoms with Gasteiger partial charge in [0.05, 0.1) is 12.0 Å². The molecule has 2 aromatic rings. The summed E-state index contributed by atoms with van der Waals surface area (Å²) in [5.41, 5.74) is -0.767. The Labute approximate surface area is 156 Å². The van der Waals surface area contributed by atoms with Gasteiger partial charge in [-0.3, -0.25) is 5.32 Å². The second kappa shape index (κ2) is 7.36. The Balaban J connectivity index is 1.71. The van der Waals surface area contributed by atoms with Crippen LogP contribution in [0.2, 0.25) is 0 Å². The zero-order chi connectivity index (χ0) is 18.8. The number of amides is 1. The third-order valence-electron chi connectivity index (χ3n) is 4.33. The Morgan fingerprint density at radius 2 is 2.00 bits per heavy atom. The Kier molecular flexibility index (Phi) is 5.33. The van der Waals surface area contributed by atoms with Crippen molar-refractivity contribution in [3.8, 4) is 0 Å². The lowest BCUT2D eigenvalue weighted by Gasteiger charge is -2.27. The van der Waals surface area contributed by atoms with Gasteiger partial charge < -0.3 is 9.84 Å². The molecule has 0 aliphatic heterocycles. The zero-order valence-corrected chi connectivity index (χ0v) is 15.8. The average Bonchev–Trinajstić information content (AvgIpc) is 3.35. The molecule has 0 saturated heterocycles. The van der Waals surface area contributed by atoms with Crippen molar-refractivity contribution in [2.75, 3.05) is 19.0 Å². The highest BCUT2D eigenvalue weighted by Gasteiger charge is 2.46. The third-order valence-corrected chi connectivity index (χ3v) is 6.78. The van der Waals surface area contributed by atoms with E-state index in [0.29, 0.717) is 5.69 Å². The molecule has 1 saturated carbocycles. The lowest BCUT2D eigenvalue weighted by molar-refractivity contribution is 0.0222. The number of hydrogen-bond donors (Lipinski definition) is 3. The van der Waals surface area contributed by atoms with Gasteiger partial charge in [-0.05, 0) is 54.5 Å². The maximum atomic E-state index is 12.6. The minimum absolute atomic E-state index is 0.0530. The molecule has 1 heterocycles. The van der Waals surface area contributed by atoms with Crippen molar-refractivity contribution in [3.05, 3.63) is 46.7 Å². The number of carbonyl (C=O) groups is 1. The fraction of sp³-hybridized carbons (Fsp3) is 0.353. The van der Waals surface area contributed by atoms with Crippen LogP contribution in [0, 0.1) is 5.92 Å². The fourth-order valence-corrected chi connectivity index (χ4v) is 4.67. The first-order valence-electron chi connectivity index (χ1n) is 8.06. The Hall–Kier alpha value is -1.94. The minimum Gasteiger partial charge on any atom is -0.453 e. The van der Waals surface area contributed by atoms with E-state index in [1.165, 1.54) is 42.7 Å². The average molecular weight is 396 g/mol. The van der Waals surface area contributed by atoms with Gasteiger partial charge in [0.25, 0.3) is 0 Å².